The second-order valence-corrected chi connectivity index (χ2v) is 5.43. The molecule has 0 aliphatic rings. The molecule has 0 atom stereocenters. The summed E-state index contributed by atoms with van der Waals surface area (Å²) in [5.41, 5.74) is 1.15. The largest absolute Gasteiger partial charge is 0.496 e. The summed E-state index contributed by atoms with van der Waals surface area (Å²) >= 11 is 3.43. The van der Waals surface area contributed by atoms with E-state index in [1.54, 1.807) is 50.6 Å². The number of methoxy groups -OCH3 is 3. The molecule has 0 N–H and O–H groups in total. The van der Waals surface area contributed by atoms with Crippen LogP contribution in [-0.2, 0) is 11.3 Å². The zero-order valence-corrected chi connectivity index (χ0v) is 14.7. The number of para-hydroxylation sites is 1. The summed E-state index contributed by atoms with van der Waals surface area (Å²) in [4.78, 5) is 12.2. The fourth-order valence-electron chi connectivity index (χ4n) is 2.04. The van der Waals surface area contributed by atoms with Gasteiger partial charge < -0.3 is 18.9 Å². The van der Waals surface area contributed by atoms with Gasteiger partial charge >= 0.3 is 5.97 Å². The van der Waals surface area contributed by atoms with Gasteiger partial charge in [-0.3, -0.25) is 0 Å². The molecule has 23 heavy (non-hydrogen) atoms. The molecular formula is C17H17BrO5. The third-order valence-electron chi connectivity index (χ3n) is 3.24. The molecule has 0 heterocycles. The SMILES string of the molecule is COc1cc(Br)c(COC(=O)c2ccccc2OC)cc1OC. The molecule has 0 bridgehead atoms. The van der Waals surface area contributed by atoms with E-state index in [-0.39, 0.29) is 6.61 Å². The van der Waals surface area contributed by atoms with E-state index in [0.29, 0.717) is 22.8 Å². The minimum Gasteiger partial charge on any atom is -0.496 e. The molecule has 5 nitrogen and oxygen atoms in total. The Morgan fingerprint density at radius 1 is 0.957 bits per heavy atom. The predicted octanol–water partition coefficient (Wildman–Crippen LogP) is 3.83. The Labute approximate surface area is 143 Å². The van der Waals surface area contributed by atoms with Crippen molar-refractivity contribution >= 4 is 21.9 Å². The van der Waals surface area contributed by atoms with Crippen LogP contribution in [0.2, 0.25) is 0 Å². The molecule has 0 unspecified atom stereocenters. The smallest absolute Gasteiger partial charge is 0.342 e. The lowest BCUT2D eigenvalue weighted by Gasteiger charge is -2.13. The fourth-order valence-corrected chi connectivity index (χ4v) is 2.48. The Kier molecular flexibility index (Phi) is 5.87. The standard InChI is InChI=1S/C17H17BrO5/c1-20-14-7-5-4-6-12(14)17(19)23-10-11-8-15(21-2)16(22-3)9-13(11)18/h4-9H,10H2,1-3H3. The zero-order chi connectivity index (χ0) is 16.8. The topological polar surface area (TPSA) is 54.0 Å². The quantitative estimate of drug-likeness (QED) is 0.712. The number of ether oxygens (including phenoxy) is 4. The minimum absolute atomic E-state index is 0.0951. The van der Waals surface area contributed by atoms with Crippen LogP contribution in [-0.4, -0.2) is 27.3 Å². The molecule has 2 rings (SSSR count). The van der Waals surface area contributed by atoms with Crippen LogP contribution in [0, 0.1) is 0 Å². The van der Waals surface area contributed by atoms with E-state index in [4.69, 9.17) is 18.9 Å². The van der Waals surface area contributed by atoms with Gasteiger partial charge in [0.1, 0.15) is 17.9 Å². The number of carbonyl (C=O) groups excluding carboxylic acids is 1. The van der Waals surface area contributed by atoms with Crippen molar-refractivity contribution in [2.45, 2.75) is 6.61 Å². The molecule has 2 aromatic carbocycles. The minimum atomic E-state index is -0.455. The van der Waals surface area contributed by atoms with E-state index >= 15 is 0 Å². The molecule has 0 fully saturated rings. The maximum Gasteiger partial charge on any atom is 0.342 e. The molecule has 0 saturated carbocycles. The van der Waals surface area contributed by atoms with Crippen LogP contribution < -0.4 is 14.2 Å². The highest BCUT2D eigenvalue weighted by atomic mass is 79.9. The summed E-state index contributed by atoms with van der Waals surface area (Å²) in [6, 6.07) is 10.4. The molecule has 122 valence electrons. The molecule has 2 aromatic rings. The summed E-state index contributed by atoms with van der Waals surface area (Å²) < 4.78 is 21.8. The molecule has 0 aromatic heterocycles. The molecule has 0 saturated heterocycles. The van der Waals surface area contributed by atoms with Crippen molar-refractivity contribution in [2.24, 2.45) is 0 Å². The number of hydrogen-bond acceptors (Lipinski definition) is 5. The van der Waals surface area contributed by atoms with Crippen molar-refractivity contribution in [1.29, 1.82) is 0 Å². The second kappa shape index (κ2) is 7.87. The highest BCUT2D eigenvalue weighted by molar-refractivity contribution is 9.10. The van der Waals surface area contributed by atoms with Crippen molar-refractivity contribution in [3.8, 4) is 17.2 Å². The molecule has 0 aliphatic heterocycles. The lowest BCUT2D eigenvalue weighted by molar-refractivity contribution is 0.0468. The molecule has 6 heteroatoms. The average Bonchev–Trinajstić information content (AvgIpc) is 2.59. The van der Waals surface area contributed by atoms with Gasteiger partial charge in [-0.25, -0.2) is 4.79 Å². The van der Waals surface area contributed by atoms with E-state index < -0.39 is 5.97 Å². The Morgan fingerprint density at radius 2 is 1.57 bits per heavy atom. The fraction of sp³-hybridized carbons (Fsp3) is 0.235. The number of carbonyl (C=O) groups is 1. The van der Waals surface area contributed by atoms with Crippen LogP contribution in [0.15, 0.2) is 40.9 Å². The maximum absolute atomic E-state index is 12.2. The van der Waals surface area contributed by atoms with E-state index in [9.17, 15) is 4.79 Å². The van der Waals surface area contributed by atoms with Gasteiger partial charge in [0, 0.05) is 10.0 Å². The van der Waals surface area contributed by atoms with E-state index in [2.05, 4.69) is 15.9 Å². The van der Waals surface area contributed by atoms with Crippen molar-refractivity contribution in [3.05, 3.63) is 52.0 Å². The highest BCUT2D eigenvalue weighted by Gasteiger charge is 2.15. The lowest BCUT2D eigenvalue weighted by atomic mass is 10.2. The van der Waals surface area contributed by atoms with Gasteiger partial charge in [-0.2, -0.15) is 0 Å². The normalized spacial score (nSPS) is 10.1. The Morgan fingerprint density at radius 3 is 2.22 bits per heavy atom. The van der Waals surface area contributed by atoms with Gasteiger partial charge in [-0.05, 0) is 24.3 Å². The molecule has 0 radical (unpaired) electrons. The monoisotopic (exact) mass is 380 g/mol. The predicted molar refractivity (Wildman–Crippen MR) is 89.4 cm³/mol. The van der Waals surface area contributed by atoms with Crippen LogP contribution in [0.5, 0.6) is 17.2 Å². The summed E-state index contributed by atoms with van der Waals surface area (Å²) in [5, 5.41) is 0. The third-order valence-corrected chi connectivity index (χ3v) is 3.98. The first kappa shape index (κ1) is 17.1. The second-order valence-electron chi connectivity index (χ2n) is 4.58. The number of esters is 1. The van der Waals surface area contributed by atoms with Gasteiger partial charge in [0.05, 0.1) is 21.3 Å². The van der Waals surface area contributed by atoms with Gasteiger partial charge in [-0.1, -0.05) is 28.1 Å². The van der Waals surface area contributed by atoms with Crippen molar-refractivity contribution in [1.82, 2.24) is 0 Å². The van der Waals surface area contributed by atoms with E-state index in [1.807, 2.05) is 0 Å². The van der Waals surface area contributed by atoms with Gasteiger partial charge in [-0.15, -0.1) is 0 Å². The first-order chi connectivity index (χ1) is 11.1. The van der Waals surface area contributed by atoms with Gasteiger partial charge in [0.25, 0.3) is 0 Å². The molecule has 0 aliphatic carbocycles. The van der Waals surface area contributed by atoms with Gasteiger partial charge in [0.15, 0.2) is 11.5 Å². The summed E-state index contributed by atoms with van der Waals surface area (Å²) in [6.07, 6.45) is 0. The molecule has 0 spiro atoms. The number of hydrogen-bond donors (Lipinski definition) is 0. The van der Waals surface area contributed by atoms with Crippen LogP contribution in [0.4, 0.5) is 0 Å². The average molecular weight is 381 g/mol. The highest BCUT2D eigenvalue weighted by Crippen LogP contribution is 2.33. The van der Waals surface area contributed by atoms with Crippen LogP contribution in [0.1, 0.15) is 15.9 Å². The maximum atomic E-state index is 12.2. The molecular weight excluding hydrogens is 364 g/mol. The Balaban J connectivity index is 2.16. The Bertz CT molecular complexity index is 699. The first-order valence-corrected chi connectivity index (χ1v) is 7.60. The van der Waals surface area contributed by atoms with E-state index in [0.717, 1.165) is 10.0 Å². The van der Waals surface area contributed by atoms with Crippen molar-refractivity contribution in [3.63, 3.8) is 0 Å². The van der Waals surface area contributed by atoms with Crippen LogP contribution in [0.3, 0.4) is 0 Å². The van der Waals surface area contributed by atoms with Crippen LogP contribution in [0.25, 0.3) is 0 Å². The first-order valence-electron chi connectivity index (χ1n) is 6.81. The van der Waals surface area contributed by atoms with Crippen molar-refractivity contribution < 1.29 is 23.7 Å². The zero-order valence-electron chi connectivity index (χ0n) is 13.1. The molecule has 0 amide bonds. The lowest BCUT2D eigenvalue weighted by Crippen LogP contribution is -2.07. The number of halogens is 1. The van der Waals surface area contributed by atoms with Crippen molar-refractivity contribution in [2.75, 3.05) is 21.3 Å². The van der Waals surface area contributed by atoms with Gasteiger partial charge in [0.2, 0.25) is 0 Å². The number of rotatable bonds is 6. The third kappa shape index (κ3) is 3.96. The number of benzene rings is 2. The van der Waals surface area contributed by atoms with Crippen LogP contribution >= 0.6 is 15.9 Å². The van der Waals surface area contributed by atoms with E-state index in [1.165, 1.54) is 7.11 Å². The summed E-state index contributed by atoms with van der Waals surface area (Å²) in [7, 11) is 4.62. The Hall–Kier alpha value is -2.21. The summed E-state index contributed by atoms with van der Waals surface area (Å²) in [6.45, 7) is 0.0951. The summed E-state index contributed by atoms with van der Waals surface area (Å²) in [5.74, 6) is 1.19.